The van der Waals surface area contributed by atoms with Gasteiger partial charge in [0.05, 0.1) is 19.9 Å². The fourth-order valence-corrected chi connectivity index (χ4v) is 6.78. The number of nitrogens with two attached hydrogens (primary N) is 1. The maximum Gasteiger partial charge on any atom is 0.163 e. The SMILES string of the molecule is COc1cc(C(C)=O)c(/N=C\[C@@H](C)Cc2ccccc2C)cc1OCc1cc(N)cc(COc2cc(NC[C@@H](C)Cc3ccccc3C)c(C(C)=O)cc2OC)c1. The van der Waals surface area contributed by atoms with Gasteiger partial charge in [-0.15, -0.1) is 0 Å². The molecular weight excluding hydrogens is 715 g/mol. The number of ketones is 2. The van der Waals surface area contributed by atoms with Crippen molar-refractivity contribution < 1.29 is 28.5 Å². The van der Waals surface area contributed by atoms with Crippen molar-refractivity contribution in [3.05, 3.63) is 136 Å². The molecule has 0 unspecified atom stereocenters. The Morgan fingerprint density at radius 3 is 1.77 bits per heavy atom. The van der Waals surface area contributed by atoms with E-state index in [2.05, 4.69) is 69.4 Å². The van der Waals surface area contributed by atoms with Gasteiger partial charge in [0, 0.05) is 47.4 Å². The van der Waals surface area contributed by atoms with Crippen LogP contribution in [-0.4, -0.2) is 38.5 Å². The molecular formula is C48H55N3O6. The number of aryl methyl sites for hydroxylation is 2. The van der Waals surface area contributed by atoms with Gasteiger partial charge < -0.3 is 30.0 Å². The number of ether oxygens (including phenoxy) is 4. The summed E-state index contributed by atoms with van der Waals surface area (Å²) >= 11 is 0. The molecule has 0 aliphatic heterocycles. The van der Waals surface area contributed by atoms with Gasteiger partial charge in [0.15, 0.2) is 34.6 Å². The third kappa shape index (κ3) is 11.5. The molecule has 0 aromatic heterocycles. The summed E-state index contributed by atoms with van der Waals surface area (Å²) in [4.78, 5) is 30.1. The number of carbonyl (C=O) groups excluding carboxylic acids is 2. The van der Waals surface area contributed by atoms with Crippen LogP contribution in [0.1, 0.15) is 81.8 Å². The first-order valence-corrected chi connectivity index (χ1v) is 19.3. The predicted octanol–water partition coefficient (Wildman–Crippen LogP) is 10.3. The van der Waals surface area contributed by atoms with E-state index in [0.717, 1.165) is 24.0 Å². The molecule has 0 heterocycles. The molecule has 3 N–H and O–H groups in total. The number of methoxy groups -OCH3 is 2. The minimum absolute atomic E-state index is 0.0754. The van der Waals surface area contributed by atoms with Crippen LogP contribution < -0.4 is 30.0 Å². The lowest BCUT2D eigenvalue weighted by molar-refractivity contribution is 0.100. The number of rotatable bonds is 19. The summed E-state index contributed by atoms with van der Waals surface area (Å²) in [5.41, 5.74) is 15.8. The normalized spacial score (nSPS) is 12.2. The van der Waals surface area contributed by atoms with Gasteiger partial charge in [-0.1, -0.05) is 62.4 Å². The molecule has 0 bridgehead atoms. The molecule has 9 nitrogen and oxygen atoms in total. The van der Waals surface area contributed by atoms with Crippen molar-refractivity contribution in [1.29, 1.82) is 0 Å². The van der Waals surface area contributed by atoms with Crippen molar-refractivity contribution in [2.24, 2.45) is 16.8 Å². The van der Waals surface area contributed by atoms with Crippen molar-refractivity contribution in [2.45, 2.75) is 67.6 Å². The monoisotopic (exact) mass is 769 g/mol. The van der Waals surface area contributed by atoms with E-state index in [1.807, 2.05) is 42.6 Å². The molecule has 0 amide bonds. The molecule has 0 spiro atoms. The molecule has 2 atom stereocenters. The summed E-state index contributed by atoms with van der Waals surface area (Å²) in [6.45, 7) is 12.6. The van der Waals surface area contributed by atoms with E-state index in [1.165, 1.54) is 29.2 Å². The van der Waals surface area contributed by atoms with Gasteiger partial charge >= 0.3 is 0 Å². The zero-order valence-corrected chi connectivity index (χ0v) is 34.4. The molecule has 0 aliphatic rings. The Kier molecular flexibility index (Phi) is 14.5. The number of Topliss-reactive ketones (excluding diaryl/α,β-unsaturated/α-hetero) is 2. The lowest BCUT2D eigenvalue weighted by Gasteiger charge is -2.19. The zero-order valence-electron chi connectivity index (χ0n) is 34.4. The average molecular weight is 770 g/mol. The number of hydrogen-bond donors (Lipinski definition) is 2. The Labute approximate surface area is 337 Å². The van der Waals surface area contributed by atoms with Gasteiger partial charge in [0.2, 0.25) is 0 Å². The van der Waals surface area contributed by atoms with Gasteiger partial charge in [-0.25, -0.2) is 0 Å². The van der Waals surface area contributed by atoms with Crippen LogP contribution in [-0.2, 0) is 26.1 Å². The fraction of sp³-hybridized carbons (Fsp3) is 0.312. The minimum Gasteiger partial charge on any atom is -0.493 e. The van der Waals surface area contributed by atoms with Gasteiger partial charge in [-0.2, -0.15) is 0 Å². The Hall–Kier alpha value is -6.09. The average Bonchev–Trinajstić information content (AvgIpc) is 3.18. The predicted molar refractivity (Wildman–Crippen MR) is 230 cm³/mol. The Bertz CT molecular complexity index is 2230. The van der Waals surface area contributed by atoms with Crippen LogP contribution in [0.3, 0.4) is 0 Å². The van der Waals surface area contributed by atoms with Gasteiger partial charge in [-0.05, 0) is 116 Å². The molecule has 298 valence electrons. The highest BCUT2D eigenvalue weighted by Gasteiger charge is 2.18. The molecule has 5 aromatic carbocycles. The minimum atomic E-state index is -0.123. The second-order valence-corrected chi connectivity index (χ2v) is 14.8. The van der Waals surface area contributed by atoms with E-state index in [1.54, 1.807) is 39.3 Å². The summed E-state index contributed by atoms with van der Waals surface area (Å²) < 4.78 is 23.9. The van der Waals surface area contributed by atoms with E-state index in [4.69, 9.17) is 29.7 Å². The molecule has 57 heavy (non-hydrogen) atoms. The zero-order chi connectivity index (χ0) is 41.1. The Morgan fingerprint density at radius 2 is 1.23 bits per heavy atom. The molecule has 0 saturated carbocycles. The molecule has 0 fully saturated rings. The first-order chi connectivity index (χ1) is 27.3. The Morgan fingerprint density at radius 1 is 0.702 bits per heavy atom. The summed E-state index contributed by atoms with van der Waals surface area (Å²) in [6, 6.07) is 29.3. The summed E-state index contributed by atoms with van der Waals surface area (Å²) in [7, 11) is 3.10. The number of carbonyl (C=O) groups is 2. The standard InChI is InChI=1S/C48H55N3O6/c1-30(17-38-15-11-9-13-32(38)3)26-50-43-24-47(45(54-7)22-41(43)34(5)52)56-28-36-19-37(21-40(49)20-36)29-57-48-25-44(42(35(6)53)23-46(48)55-8)51-27-31(2)18-39-16-12-10-14-33(39)4/h9-16,19-26,30-31,51H,17-18,27-29,49H2,1-8H3/b50-26-/t30-,31-/m0/s1. The number of hydrogen-bond acceptors (Lipinski definition) is 9. The third-order valence-corrected chi connectivity index (χ3v) is 9.95. The topological polar surface area (TPSA) is 121 Å². The highest BCUT2D eigenvalue weighted by Crippen LogP contribution is 2.37. The molecule has 5 rings (SSSR count). The molecule has 0 saturated heterocycles. The number of nitrogens with zero attached hydrogens (tertiary/aromatic N) is 1. The van der Waals surface area contributed by atoms with Crippen molar-refractivity contribution in [3.8, 4) is 23.0 Å². The lowest BCUT2D eigenvalue weighted by atomic mass is 9.97. The maximum atomic E-state index is 12.7. The van der Waals surface area contributed by atoms with Crippen molar-refractivity contribution in [1.82, 2.24) is 0 Å². The van der Waals surface area contributed by atoms with Crippen LogP contribution in [0.15, 0.2) is 96.0 Å². The van der Waals surface area contributed by atoms with Crippen LogP contribution in [0.5, 0.6) is 23.0 Å². The smallest absolute Gasteiger partial charge is 0.163 e. The maximum absolute atomic E-state index is 12.7. The summed E-state index contributed by atoms with van der Waals surface area (Å²) in [5.74, 6) is 2.08. The van der Waals surface area contributed by atoms with E-state index < -0.39 is 0 Å². The third-order valence-electron chi connectivity index (χ3n) is 9.95. The number of nitrogens with one attached hydrogen (secondary N) is 1. The first-order valence-electron chi connectivity index (χ1n) is 19.3. The van der Waals surface area contributed by atoms with Gasteiger partial charge in [-0.3, -0.25) is 14.6 Å². The van der Waals surface area contributed by atoms with Crippen molar-refractivity contribution in [3.63, 3.8) is 0 Å². The number of benzene rings is 5. The van der Waals surface area contributed by atoms with E-state index in [-0.39, 0.29) is 30.7 Å². The number of nitrogen functional groups attached to an aromatic ring is 1. The molecule has 5 aromatic rings. The highest BCUT2D eigenvalue weighted by molar-refractivity contribution is 6.01. The number of anilines is 2. The van der Waals surface area contributed by atoms with E-state index >= 15 is 0 Å². The van der Waals surface area contributed by atoms with Crippen molar-refractivity contribution in [2.75, 3.05) is 31.8 Å². The quantitative estimate of drug-likeness (QED) is 0.0484. The van der Waals surface area contributed by atoms with E-state index in [9.17, 15) is 9.59 Å². The largest absolute Gasteiger partial charge is 0.493 e. The molecule has 0 radical (unpaired) electrons. The summed E-state index contributed by atoms with van der Waals surface area (Å²) in [5, 5.41) is 3.49. The second kappa shape index (κ2) is 19.7. The summed E-state index contributed by atoms with van der Waals surface area (Å²) in [6.07, 6.45) is 3.62. The molecule has 0 aliphatic carbocycles. The first kappa shape index (κ1) is 42.1. The van der Waals surface area contributed by atoms with Crippen LogP contribution in [0.25, 0.3) is 0 Å². The highest BCUT2D eigenvalue weighted by atomic mass is 16.5. The number of aliphatic imine (C=N–C) groups is 1. The molecule has 9 heteroatoms. The fourth-order valence-electron chi connectivity index (χ4n) is 6.78. The van der Waals surface area contributed by atoms with Crippen LogP contribution in [0, 0.1) is 25.7 Å². The van der Waals surface area contributed by atoms with Crippen molar-refractivity contribution >= 4 is 34.8 Å². The van der Waals surface area contributed by atoms with Crippen LogP contribution >= 0.6 is 0 Å². The Balaban J connectivity index is 1.30. The van der Waals surface area contributed by atoms with Gasteiger partial charge in [0.1, 0.15) is 13.2 Å². The second-order valence-electron chi connectivity index (χ2n) is 14.8. The van der Waals surface area contributed by atoms with Gasteiger partial charge in [0.25, 0.3) is 0 Å². The van der Waals surface area contributed by atoms with E-state index in [0.29, 0.717) is 63.6 Å². The van der Waals surface area contributed by atoms with Crippen LogP contribution in [0.2, 0.25) is 0 Å². The van der Waals surface area contributed by atoms with Crippen LogP contribution in [0.4, 0.5) is 17.1 Å². The lowest BCUT2D eigenvalue weighted by Crippen LogP contribution is -2.16.